The van der Waals surface area contributed by atoms with Gasteiger partial charge in [-0.05, 0) is 81.6 Å². The summed E-state index contributed by atoms with van der Waals surface area (Å²) in [5.41, 5.74) is 1.11. The monoisotopic (exact) mass is 342 g/mol. The van der Waals surface area contributed by atoms with Gasteiger partial charge < -0.3 is 5.32 Å². The quantitative estimate of drug-likeness (QED) is 0.657. The molecule has 4 fully saturated rings. The van der Waals surface area contributed by atoms with Gasteiger partial charge >= 0.3 is 0 Å². The smallest absolute Gasteiger partial charge is 0.273 e. The van der Waals surface area contributed by atoms with E-state index in [1.54, 1.807) is 19.1 Å². The molecule has 1 N–H and O–H groups in total. The number of rotatable bonds is 4. The van der Waals surface area contributed by atoms with Crippen LogP contribution in [-0.2, 0) is 0 Å². The van der Waals surface area contributed by atoms with E-state index >= 15 is 0 Å². The molecule has 1 amide bonds. The first-order valence-corrected chi connectivity index (χ1v) is 9.43. The number of carbonyl (C=O) groups is 1. The van der Waals surface area contributed by atoms with Gasteiger partial charge in [0.25, 0.3) is 11.6 Å². The van der Waals surface area contributed by atoms with Crippen molar-refractivity contribution < 1.29 is 9.72 Å². The van der Waals surface area contributed by atoms with Crippen molar-refractivity contribution in [3.05, 3.63) is 39.4 Å². The summed E-state index contributed by atoms with van der Waals surface area (Å²) >= 11 is 0. The van der Waals surface area contributed by atoms with E-state index in [4.69, 9.17) is 0 Å². The molecular formula is C20H26N2O3. The van der Waals surface area contributed by atoms with Crippen molar-refractivity contribution in [1.29, 1.82) is 0 Å². The highest BCUT2D eigenvalue weighted by molar-refractivity contribution is 5.96. The van der Waals surface area contributed by atoms with Crippen molar-refractivity contribution in [1.82, 2.24) is 5.32 Å². The lowest BCUT2D eigenvalue weighted by molar-refractivity contribution is -0.385. The highest BCUT2D eigenvalue weighted by atomic mass is 16.6. The number of benzene rings is 1. The minimum Gasteiger partial charge on any atom is -0.349 e. The first-order chi connectivity index (χ1) is 11.9. The predicted molar refractivity (Wildman–Crippen MR) is 95.4 cm³/mol. The summed E-state index contributed by atoms with van der Waals surface area (Å²) in [6.07, 6.45) is 7.83. The van der Waals surface area contributed by atoms with Crippen LogP contribution >= 0.6 is 0 Å². The van der Waals surface area contributed by atoms with E-state index in [0.717, 1.165) is 17.8 Å². The number of nitrogens with zero attached hydrogens (tertiary/aromatic N) is 1. The van der Waals surface area contributed by atoms with Crippen LogP contribution < -0.4 is 5.32 Å². The van der Waals surface area contributed by atoms with Crippen LogP contribution in [0.5, 0.6) is 0 Å². The van der Waals surface area contributed by atoms with Crippen molar-refractivity contribution in [2.75, 3.05) is 0 Å². The molecule has 1 aromatic rings. The molecule has 5 rings (SSSR count). The van der Waals surface area contributed by atoms with Crippen LogP contribution in [0.2, 0.25) is 0 Å². The largest absolute Gasteiger partial charge is 0.349 e. The van der Waals surface area contributed by atoms with Gasteiger partial charge in [-0.1, -0.05) is 6.07 Å². The van der Waals surface area contributed by atoms with Gasteiger partial charge in [-0.3, -0.25) is 14.9 Å². The van der Waals surface area contributed by atoms with Crippen LogP contribution in [0, 0.1) is 40.2 Å². The number of hydrogen-bond acceptors (Lipinski definition) is 3. The molecule has 4 bridgehead atoms. The molecule has 0 aromatic heterocycles. The van der Waals surface area contributed by atoms with Crippen LogP contribution in [0.3, 0.4) is 0 Å². The van der Waals surface area contributed by atoms with E-state index in [-0.39, 0.29) is 23.1 Å². The fourth-order valence-corrected chi connectivity index (χ4v) is 6.20. The molecule has 0 aliphatic heterocycles. The Kier molecular flexibility index (Phi) is 3.85. The van der Waals surface area contributed by atoms with E-state index < -0.39 is 4.92 Å². The summed E-state index contributed by atoms with van der Waals surface area (Å²) in [5, 5.41) is 14.3. The average molecular weight is 342 g/mol. The van der Waals surface area contributed by atoms with Crippen molar-refractivity contribution >= 4 is 11.6 Å². The summed E-state index contributed by atoms with van der Waals surface area (Å²) in [6, 6.07) is 4.85. The molecule has 0 radical (unpaired) electrons. The fourth-order valence-electron chi connectivity index (χ4n) is 6.20. The van der Waals surface area contributed by atoms with E-state index in [1.807, 2.05) is 0 Å². The summed E-state index contributed by atoms with van der Waals surface area (Å²) in [5.74, 6) is 2.34. The van der Waals surface area contributed by atoms with Crippen molar-refractivity contribution in [3.8, 4) is 0 Å². The number of nitro groups is 1. The zero-order chi connectivity index (χ0) is 17.8. The van der Waals surface area contributed by atoms with Crippen LogP contribution in [0.1, 0.15) is 61.4 Å². The van der Waals surface area contributed by atoms with Crippen molar-refractivity contribution in [2.45, 2.75) is 58.4 Å². The van der Waals surface area contributed by atoms with Gasteiger partial charge in [-0.25, -0.2) is 0 Å². The molecule has 0 unspecified atom stereocenters. The Morgan fingerprint density at radius 2 is 1.76 bits per heavy atom. The van der Waals surface area contributed by atoms with Gasteiger partial charge in [0, 0.05) is 23.2 Å². The van der Waals surface area contributed by atoms with Gasteiger partial charge in [0.15, 0.2) is 0 Å². The maximum atomic E-state index is 12.8. The fraction of sp³-hybridized carbons (Fsp3) is 0.650. The van der Waals surface area contributed by atoms with Crippen LogP contribution in [-0.4, -0.2) is 16.9 Å². The molecule has 0 heterocycles. The van der Waals surface area contributed by atoms with Gasteiger partial charge in [-0.2, -0.15) is 0 Å². The lowest BCUT2D eigenvalue weighted by atomic mass is 9.48. The Hall–Kier alpha value is -1.91. The van der Waals surface area contributed by atoms with E-state index in [0.29, 0.717) is 11.1 Å². The molecule has 4 aliphatic rings. The third-order valence-electron chi connectivity index (χ3n) is 7.10. The first-order valence-electron chi connectivity index (χ1n) is 9.43. The number of nitrogens with one attached hydrogen (secondary N) is 1. The Morgan fingerprint density at radius 1 is 1.20 bits per heavy atom. The molecular weight excluding hydrogens is 316 g/mol. The van der Waals surface area contributed by atoms with Crippen LogP contribution in [0.15, 0.2) is 18.2 Å². The third kappa shape index (κ3) is 2.74. The zero-order valence-electron chi connectivity index (χ0n) is 15.0. The minimum absolute atomic E-state index is 0.00936. The molecule has 1 aromatic carbocycles. The second-order valence-corrected chi connectivity index (χ2v) is 8.68. The van der Waals surface area contributed by atoms with Gasteiger partial charge in [-0.15, -0.1) is 0 Å². The second-order valence-electron chi connectivity index (χ2n) is 8.68. The molecule has 1 atom stereocenters. The number of hydrogen-bond donors (Lipinski definition) is 1. The highest BCUT2D eigenvalue weighted by Gasteiger charge is 2.53. The normalized spacial score (nSPS) is 33.9. The molecule has 0 spiro atoms. The molecule has 4 aliphatic carbocycles. The predicted octanol–water partition coefficient (Wildman–Crippen LogP) is 4.24. The lowest BCUT2D eigenvalue weighted by Gasteiger charge is -2.59. The average Bonchev–Trinajstić information content (AvgIpc) is 2.53. The van der Waals surface area contributed by atoms with E-state index in [2.05, 4.69) is 12.2 Å². The maximum absolute atomic E-state index is 12.8. The summed E-state index contributed by atoms with van der Waals surface area (Å²) in [4.78, 5) is 23.5. The summed E-state index contributed by atoms with van der Waals surface area (Å²) < 4.78 is 0. The van der Waals surface area contributed by atoms with Gasteiger partial charge in [0.2, 0.25) is 0 Å². The minimum atomic E-state index is -0.422. The van der Waals surface area contributed by atoms with Crippen molar-refractivity contribution in [3.63, 3.8) is 0 Å². The highest BCUT2D eigenvalue weighted by Crippen LogP contribution is 2.61. The van der Waals surface area contributed by atoms with Gasteiger partial charge in [0.05, 0.1) is 4.92 Å². The Labute approximate surface area is 148 Å². The Morgan fingerprint density at radius 3 is 2.28 bits per heavy atom. The maximum Gasteiger partial charge on any atom is 0.273 e. The van der Waals surface area contributed by atoms with Crippen LogP contribution in [0.25, 0.3) is 0 Å². The molecule has 25 heavy (non-hydrogen) atoms. The molecule has 5 nitrogen and oxygen atoms in total. The second kappa shape index (κ2) is 5.82. The van der Waals surface area contributed by atoms with Crippen LogP contribution in [0.4, 0.5) is 5.69 Å². The number of amides is 1. The first kappa shape index (κ1) is 16.6. The zero-order valence-corrected chi connectivity index (χ0v) is 15.0. The lowest BCUT2D eigenvalue weighted by Crippen LogP contribution is -2.55. The number of nitro benzene ring substituents is 1. The molecule has 134 valence electrons. The van der Waals surface area contributed by atoms with E-state index in [9.17, 15) is 14.9 Å². The standard InChI is InChI=1S/C20H26N2O3/c1-12-17(4-3-5-18(12)22(24)25)19(23)21-13(2)20-9-14-6-15(10-20)8-16(7-14)11-20/h3-5,13-16H,6-11H2,1-2H3,(H,21,23)/t13-,14?,15?,16?,20?/m0/s1. The number of carbonyl (C=O) groups excluding carboxylic acids is 1. The Bertz CT molecular complexity index is 692. The van der Waals surface area contributed by atoms with Gasteiger partial charge in [0.1, 0.15) is 0 Å². The third-order valence-corrected chi connectivity index (χ3v) is 7.10. The summed E-state index contributed by atoms with van der Waals surface area (Å²) in [6.45, 7) is 3.79. The molecule has 4 saturated carbocycles. The molecule has 0 saturated heterocycles. The molecule has 5 heteroatoms. The Balaban J connectivity index is 1.54. The van der Waals surface area contributed by atoms with Crippen molar-refractivity contribution in [2.24, 2.45) is 23.2 Å². The topological polar surface area (TPSA) is 72.2 Å². The summed E-state index contributed by atoms with van der Waals surface area (Å²) in [7, 11) is 0. The van der Waals surface area contributed by atoms with E-state index in [1.165, 1.54) is 44.6 Å². The SMILES string of the molecule is Cc1c(C(=O)N[C@@H](C)C23CC4CC(CC(C4)C2)C3)cccc1[N+](=O)[O-].